The third-order valence-electron chi connectivity index (χ3n) is 2.48. The van der Waals surface area contributed by atoms with Crippen LogP contribution in [0.1, 0.15) is 19.8 Å². The van der Waals surface area contributed by atoms with E-state index in [9.17, 15) is 9.59 Å². The summed E-state index contributed by atoms with van der Waals surface area (Å²) in [5.41, 5.74) is 0. The Morgan fingerprint density at radius 3 is 2.81 bits per heavy atom. The third kappa shape index (κ3) is 3.98. The fraction of sp³-hybridized carbons (Fsp3) is 0.800. The molecule has 0 saturated carbocycles. The van der Waals surface area contributed by atoms with Crippen LogP contribution in [0.4, 0.5) is 4.79 Å². The molecule has 1 saturated heterocycles. The van der Waals surface area contributed by atoms with Crippen molar-refractivity contribution >= 4 is 23.5 Å². The molecule has 6 heteroatoms. The molecule has 1 rings (SSSR count). The number of nitrogens with one attached hydrogen (secondary N) is 1. The predicted molar refractivity (Wildman–Crippen MR) is 60.5 cm³/mol. The molecule has 0 aliphatic carbocycles. The molecule has 1 aliphatic heterocycles. The molecule has 1 atom stereocenters. The number of likely N-dealkylation sites (N-methyl/N-ethyl adjacent to an activating group) is 1. The van der Waals surface area contributed by atoms with E-state index in [4.69, 9.17) is 16.3 Å². The van der Waals surface area contributed by atoms with Gasteiger partial charge < -0.3 is 9.64 Å². The number of hydrogen-bond donors (Lipinski definition) is 1. The molecule has 5 nitrogen and oxygen atoms in total. The van der Waals surface area contributed by atoms with E-state index < -0.39 is 11.9 Å². The highest BCUT2D eigenvalue weighted by Gasteiger charge is 2.22. The number of halogens is 1. The predicted octanol–water partition coefficient (Wildman–Crippen LogP) is 0.962. The third-order valence-corrected chi connectivity index (χ3v) is 2.73. The first-order valence-corrected chi connectivity index (χ1v) is 5.97. The monoisotopic (exact) mass is 248 g/mol. The van der Waals surface area contributed by atoms with E-state index in [0.29, 0.717) is 13.1 Å². The molecule has 0 aromatic rings. The number of hydrogen-bond acceptors (Lipinski definition) is 3. The Bertz CT molecular complexity index is 254. The summed E-state index contributed by atoms with van der Waals surface area (Å²) in [5, 5.41) is 2.22. The Hall–Kier alpha value is -0.810. The lowest BCUT2D eigenvalue weighted by molar-refractivity contribution is -0.117. The van der Waals surface area contributed by atoms with E-state index in [2.05, 4.69) is 5.32 Å². The molecule has 16 heavy (non-hydrogen) atoms. The summed E-state index contributed by atoms with van der Waals surface area (Å²) in [6.07, 6.45) is 2.09. The van der Waals surface area contributed by atoms with Gasteiger partial charge in [0.2, 0.25) is 5.91 Å². The lowest BCUT2D eigenvalue weighted by Gasteiger charge is -2.23. The Labute approximate surface area is 100 Å². The highest BCUT2D eigenvalue weighted by Crippen LogP contribution is 2.13. The van der Waals surface area contributed by atoms with E-state index in [1.807, 2.05) is 6.92 Å². The summed E-state index contributed by atoms with van der Waals surface area (Å²) in [4.78, 5) is 24.1. The minimum absolute atomic E-state index is 0.0943. The van der Waals surface area contributed by atoms with Gasteiger partial charge in [-0.15, -0.1) is 11.6 Å². The SMILES string of the molecule is CCN(CC1CCCO1)C(=O)NC(=O)CCl. The summed E-state index contributed by atoms with van der Waals surface area (Å²) in [7, 11) is 0. The van der Waals surface area contributed by atoms with Crippen LogP contribution in [0.2, 0.25) is 0 Å². The van der Waals surface area contributed by atoms with Gasteiger partial charge in [0.15, 0.2) is 0 Å². The number of nitrogens with zero attached hydrogens (tertiary/aromatic N) is 1. The average Bonchev–Trinajstić information content (AvgIpc) is 2.78. The molecular formula is C10H17ClN2O3. The van der Waals surface area contributed by atoms with Gasteiger partial charge in [-0.1, -0.05) is 0 Å². The number of urea groups is 1. The topological polar surface area (TPSA) is 58.6 Å². The summed E-state index contributed by atoms with van der Waals surface area (Å²) in [6.45, 7) is 3.68. The Morgan fingerprint density at radius 2 is 2.31 bits per heavy atom. The number of amides is 3. The van der Waals surface area contributed by atoms with Gasteiger partial charge in [0, 0.05) is 19.7 Å². The molecule has 0 aromatic heterocycles. The number of rotatable bonds is 4. The molecule has 0 bridgehead atoms. The van der Waals surface area contributed by atoms with Crippen LogP contribution in [-0.4, -0.2) is 48.5 Å². The standard InChI is InChI=1S/C10H17ClN2O3/c1-2-13(7-8-4-3-5-16-8)10(15)12-9(14)6-11/h8H,2-7H2,1H3,(H,12,14,15). The van der Waals surface area contributed by atoms with E-state index in [-0.39, 0.29) is 12.0 Å². The maximum absolute atomic E-state index is 11.6. The first-order valence-electron chi connectivity index (χ1n) is 5.43. The fourth-order valence-corrected chi connectivity index (χ4v) is 1.69. The molecule has 0 radical (unpaired) electrons. The summed E-state index contributed by atoms with van der Waals surface area (Å²) in [6, 6.07) is -0.399. The molecule has 0 spiro atoms. The zero-order chi connectivity index (χ0) is 12.0. The number of carbonyl (C=O) groups is 2. The van der Waals surface area contributed by atoms with Crippen LogP contribution >= 0.6 is 11.6 Å². The molecule has 1 unspecified atom stereocenters. The van der Waals surface area contributed by atoms with Gasteiger partial charge in [-0.2, -0.15) is 0 Å². The van der Waals surface area contributed by atoms with Crippen molar-refractivity contribution in [2.45, 2.75) is 25.9 Å². The minimum atomic E-state index is -0.475. The summed E-state index contributed by atoms with van der Waals surface area (Å²) >= 11 is 5.31. The molecule has 0 aromatic carbocycles. The van der Waals surface area contributed by atoms with Crippen molar-refractivity contribution in [3.63, 3.8) is 0 Å². The van der Waals surface area contributed by atoms with Crippen molar-refractivity contribution in [1.82, 2.24) is 10.2 Å². The van der Waals surface area contributed by atoms with Crippen LogP contribution in [0.3, 0.4) is 0 Å². The van der Waals surface area contributed by atoms with Crippen molar-refractivity contribution in [3.05, 3.63) is 0 Å². The van der Waals surface area contributed by atoms with Crippen molar-refractivity contribution in [2.75, 3.05) is 25.6 Å². The van der Waals surface area contributed by atoms with Crippen LogP contribution in [0.5, 0.6) is 0 Å². The highest BCUT2D eigenvalue weighted by molar-refractivity contribution is 6.28. The number of ether oxygens (including phenoxy) is 1. The first kappa shape index (κ1) is 13.3. The molecule has 1 N–H and O–H groups in total. The van der Waals surface area contributed by atoms with E-state index in [0.717, 1.165) is 19.4 Å². The maximum Gasteiger partial charge on any atom is 0.324 e. The molecular weight excluding hydrogens is 232 g/mol. The second-order valence-electron chi connectivity index (χ2n) is 3.66. The first-order chi connectivity index (χ1) is 7.67. The van der Waals surface area contributed by atoms with E-state index in [1.165, 1.54) is 0 Å². The van der Waals surface area contributed by atoms with Crippen LogP contribution in [0, 0.1) is 0 Å². The highest BCUT2D eigenvalue weighted by atomic mass is 35.5. The van der Waals surface area contributed by atoms with E-state index >= 15 is 0 Å². The number of imide groups is 1. The largest absolute Gasteiger partial charge is 0.376 e. The summed E-state index contributed by atoms with van der Waals surface area (Å²) in [5.74, 6) is -0.680. The minimum Gasteiger partial charge on any atom is -0.376 e. The molecule has 1 heterocycles. The second kappa shape index (κ2) is 6.70. The Balaban J connectivity index is 2.39. The van der Waals surface area contributed by atoms with Gasteiger partial charge in [-0.05, 0) is 19.8 Å². The normalized spacial score (nSPS) is 19.5. The van der Waals surface area contributed by atoms with Gasteiger partial charge >= 0.3 is 6.03 Å². The fourth-order valence-electron chi connectivity index (χ4n) is 1.62. The maximum atomic E-state index is 11.6. The van der Waals surface area contributed by atoms with Gasteiger partial charge in [-0.3, -0.25) is 10.1 Å². The van der Waals surface area contributed by atoms with Crippen molar-refractivity contribution < 1.29 is 14.3 Å². The van der Waals surface area contributed by atoms with Crippen molar-refractivity contribution in [1.29, 1.82) is 0 Å². The zero-order valence-electron chi connectivity index (χ0n) is 9.37. The van der Waals surface area contributed by atoms with Crippen LogP contribution in [-0.2, 0) is 9.53 Å². The number of carbonyl (C=O) groups excluding carboxylic acids is 2. The molecule has 1 fully saturated rings. The van der Waals surface area contributed by atoms with Crippen LogP contribution in [0.15, 0.2) is 0 Å². The van der Waals surface area contributed by atoms with Crippen molar-refractivity contribution in [3.8, 4) is 0 Å². The van der Waals surface area contributed by atoms with Crippen molar-refractivity contribution in [2.24, 2.45) is 0 Å². The summed E-state index contributed by atoms with van der Waals surface area (Å²) < 4.78 is 5.43. The smallest absolute Gasteiger partial charge is 0.324 e. The lowest BCUT2D eigenvalue weighted by atomic mass is 10.2. The average molecular weight is 249 g/mol. The van der Waals surface area contributed by atoms with Gasteiger partial charge in [0.1, 0.15) is 5.88 Å². The Morgan fingerprint density at radius 1 is 1.56 bits per heavy atom. The van der Waals surface area contributed by atoms with Crippen LogP contribution < -0.4 is 5.32 Å². The van der Waals surface area contributed by atoms with E-state index in [1.54, 1.807) is 4.90 Å². The molecule has 92 valence electrons. The zero-order valence-corrected chi connectivity index (χ0v) is 10.1. The van der Waals surface area contributed by atoms with Gasteiger partial charge in [0.25, 0.3) is 0 Å². The quantitative estimate of drug-likeness (QED) is 0.754. The number of alkyl halides is 1. The van der Waals surface area contributed by atoms with Crippen LogP contribution in [0.25, 0.3) is 0 Å². The molecule has 3 amide bonds. The van der Waals surface area contributed by atoms with Gasteiger partial charge in [-0.25, -0.2) is 4.79 Å². The lowest BCUT2D eigenvalue weighted by Crippen LogP contribution is -2.46. The van der Waals surface area contributed by atoms with Gasteiger partial charge in [0.05, 0.1) is 6.10 Å². The second-order valence-corrected chi connectivity index (χ2v) is 3.93. The Kier molecular flexibility index (Phi) is 5.55. The molecule has 1 aliphatic rings.